The van der Waals surface area contributed by atoms with Crippen LogP contribution in [0, 0.1) is 17.2 Å². The van der Waals surface area contributed by atoms with Gasteiger partial charge in [0.15, 0.2) is 5.69 Å². The van der Waals surface area contributed by atoms with Crippen molar-refractivity contribution in [2.75, 3.05) is 18.5 Å². The van der Waals surface area contributed by atoms with E-state index < -0.39 is 17.8 Å². The maximum Gasteiger partial charge on any atom is 0.435 e. The summed E-state index contributed by atoms with van der Waals surface area (Å²) in [4.78, 5) is 13.4. The number of aromatic nitrogens is 2. The molecule has 2 N–H and O–H groups in total. The number of rotatable bonds is 12. The van der Waals surface area contributed by atoms with Crippen molar-refractivity contribution < 1.29 is 22.7 Å². The van der Waals surface area contributed by atoms with Crippen LogP contribution in [0.15, 0.2) is 77.3 Å². The number of nitriles is 1. The van der Waals surface area contributed by atoms with Crippen molar-refractivity contribution >= 4 is 27.5 Å². The topological polar surface area (TPSA) is 92.0 Å². The SMILES string of the molecule is CCCCOc1ccc(C(NCC2CC2)c2cccc(NC(=O)c3cc(C(F)(F)F)nn3-c3cccc(C#N)c3)c2)cc1Br. The van der Waals surface area contributed by atoms with E-state index in [0.717, 1.165) is 45.4 Å². The van der Waals surface area contributed by atoms with Gasteiger partial charge >= 0.3 is 6.18 Å². The van der Waals surface area contributed by atoms with Gasteiger partial charge in [-0.25, -0.2) is 4.68 Å². The largest absolute Gasteiger partial charge is 0.492 e. The van der Waals surface area contributed by atoms with E-state index in [4.69, 9.17) is 4.74 Å². The first kappa shape index (κ1) is 31.3. The summed E-state index contributed by atoms with van der Waals surface area (Å²) in [5.41, 5.74) is 1.14. The Balaban J connectivity index is 1.43. The fourth-order valence-electron chi connectivity index (χ4n) is 4.75. The quantitative estimate of drug-likeness (QED) is 0.149. The second kappa shape index (κ2) is 13.7. The molecule has 1 atom stereocenters. The first-order valence-electron chi connectivity index (χ1n) is 14.4. The molecule has 5 rings (SSSR count). The van der Waals surface area contributed by atoms with Crippen molar-refractivity contribution in [2.45, 2.75) is 44.8 Å². The molecule has 0 bridgehead atoms. The number of alkyl halides is 3. The molecule has 1 amide bonds. The molecular weight excluding hydrogens is 635 g/mol. The van der Waals surface area contributed by atoms with Gasteiger partial charge in [-0.1, -0.05) is 37.6 Å². The lowest BCUT2D eigenvalue weighted by molar-refractivity contribution is -0.141. The minimum Gasteiger partial charge on any atom is -0.492 e. The summed E-state index contributed by atoms with van der Waals surface area (Å²) >= 11 is 3.64. The van der Waals surface area contributed by atoms with Crippen molar-refractivity contribution in [3.63, 3.8) is 0 Å². The van der Waals surface area contributed by atoms with Gasteiger partial charge in [-0.15, -0.1) is 0 Å². The van der Waals surface area contributed by atoms with Gasteiger partial charge in [0.2, 0.25) is 0 Å². The molecular formula is C33H31BrF3N5O2. The number of ether oxygens (including phenoxy) is 1. The monoisotopic (exact) mass is 665 g/mol. The van der Waals surface area contributed by atoms with Crippen LogP contribution in [0.1, 0.15) is 71.5 Å². The Kier molecular flexibility index (Phi) is 9.71. The van der Waals surface area contributed by atoms with Gasteiger partial charge in [0, 0.05) is 11.8 Å². The molecule has 0 aliphatic heterocycles. The van der Waals surface area contributed by atoms with Crippen LogP contribution in [0.2, 0.25) is 0 Å². The van der Waals surface area contributed by atoms with Crippen molar-refractivity contribution in [3.05, 3.63) is 105 Å². The average Bonchev–Trinajstić information content (AvgIpc) is 3.71. The molecule has 1 fully saturated rings. The number of carbonyl (C=O) groups excluding carboxylic acids is 1. The van der Waals surface area contributed by atoms with E-state index in [9.17, 15) is 23.2 Å². The standard InChI is InChI=1S/C33H31BrF3N5O2/c1-2-3-14-44-29-13-12-24(17-27(29)34)31(39-20-21-10-11-21)23-7-5-8-25(16-23)40-32(43)28-18-30(33(35,36)37)41-42(28)26-9-4-6-22(15-26)19-38/h4-9,12-13,15-18,21,31,39H,2-3,10-11,14,20H2,1H3,(H,40,43). The van der Waals surface area contributed by atoms with E-state index in [1.807, 2.05) is 36.4 Å². The third kappa shape index (κ3) is 7.68. The number of nitrogens with one attached hydrogen (secondary N) is 2. The van der Waals surface area contributed by atoms with Crippen LogP contribution in [0.3, 0.4) is 0 Å². The van der Waals surface area contributed by atoms with E-state index in [1.165, 1.54) is 37.1 Å². The number of anilines is 1. The summed E-state index contributed by atoms with van der Waals surface area (Å²) in [7, 11) is 0. The van der Waals surface area contributed by atoms with Crippen LogP contribution in [-0.4, -0.2) is 28.8 Å². The normalized spacial score (nSPS) is 13.7. The molecule has 44 heavy (non-hydrogen) atoms. The second-order valence-corrected chi connectivity index (χ2v) is 11.6. The Labute approximate surface area is 262 Å². The van der Waals surface area contributed by atoms with Crippen molar-refractivity contribution in [3.8, 4) is 17.5 Å². The number of amides is 1. The Morgan fingerprint density at radius 3 is 2.59 bits per heavy atom. The second-order valence-electron chi connectivity index (χ2n) is 10.7. The van der Waals surface area contributed by atoms with Crippen LogP contribution in [0.5, 0.6) is 5.75 Å². The maximum atomic E-state index is 13.6. The lowest BCUT2D eigenvalue weighted by atomic mass is 9.97. The van der Waals surface area contributed by atoms with Crippen LogP contribution in [-0.2, 0) is 6.18 Å². The minimum absolute atomic E-state index is 0.162. The molecule has 0 saturated heterocycles. The molecule has 1 aliphatic carbocycles. The van der Waals surface area contributed by atoms with Crippen molar-refractivity contribution in [2.24, 2.45) is 5.92 Å². The third-order valence-corrected chi connectivity index (χ3v) is 7.90. The van der Waals surface area contributed by atoms with Crippen LogP contribution in [0.25, 0.3) is 5.69 Å². The number of halogens is 4. The summed E-state index contributed by atoms with van der Waals surface area (Å²) < 4.78 is 48.5. The van der Waals surface area contributed by atoms with Gasteiger partial charge in [0.05, 0.1) is 34.4 Å². The number of nitrogens with zero attached hydrogens (tertiary/aromatic N) is 3. The summed E-state index contributed by atoms with van der Waals surface area (Å²) in [5.74, 6) is 0.605. The number of benzene rings is 3. The molecule has 228 valence electrons. The van der Waals surface area contributed by atoms with E-state index in [0.29, 0.717) is 24.3 Å². The zero-order valence-corrected chi connectivity index (χ0v) is 25.6. The van der Waals surface area contributed by atoms with Crippen molar-refractivity contribution in [1.82, 2.24) is 15.1 Å². The van der Waals surface area contributed by atoms with Crippen LogP contribution in [0.4, 0.5) is 18.9 Å². The first-order valence-corrected chi connectivity index (χ1v) is 15.2. The van der Waals surface area contributed by atoms with E-state index in [-0.39, 0.29) is 23.0 Å². The van der Waals surface area contributed by atoms with Gasteiger partial charge in [-0.05, 0) is 101 Å². The van der Waals surface area contributed by atoms with Gasteiger partial charge in [-0.3, -0.25) is 4.79 Å². The third-order valence-electron chi connectivity index (χ3n) is 7.28. The summed E-state index contributed by atoms with van der Waals surface area (Å²) in [5, 5.41) is 19.3. The Morgan fingerprint density at radius 1 is 1.11 bits per heavy atom. The summed E-state index contributed by atoms with van der Waals surface area (Å²) in [6.07, 6.45) is -0.416. The molecule has 1 aromatic heterocycles. The highest BCUT2D eigenvalue weighted by molar-refractivity contribution is 9.10. The first-order chi connectivity index (χ1) is 21.2. The molecule has 1 aliphatic rings. The molecule has 11 heteroatoms. The van der Waals surface area contributed by atoms with E-state index in [2.05, 4.69) is 38.6 Å². The fourth-order valence-corrected chi connectivity index (χ4v) is 5.26. The molecule has 3 aromatic carbocycles. The van der Waals surface area contributed by atoms with Crippen molar-refractivity contribution in [1.29, 1.82) is 5.26 Å². The van der Waals surface area contributed by atoms with Crippen LogP contribution >= 0.6 is 15.9 Å². The van der Waals surface area contributed by atoms with Gasteiger partial charge in [-0.2, -0.15) is 23.5 Å². The number of hydrogen-bond acceptors (Lipinski definition) is 5. The minimum atomic E-state index is -4.77. The highest BCUT2D eigenvalue weighted by Gasteiger charge is 2.36. The number of carbonyl (C=O) groups is 1. The van der Waals surface area contributed by atoms with E-state index in [1.54, 1.807) is 12.1 Å². The molecule has 0 spiro atoms. The Hall–Kier alpha value is -4.14. The molecule has 4 aromatic rings. The van der Waals surface area contributed by atoms with Gasteiger partial charge in [0.1, 0.15) is 11.4 Å². The fraction of sp³-hybridized carbons (Fsp3) is 0.303. The predicted octanol–water partition coefficient (Wildman–Crippen LogP) is 8.05. The molecule has 1 saturated carbocycles. The zero-order chi connectivity index (χ0) is 31.3. The predicted molar refractivity (Wildman–Crippen MR) is 165 cm³/mol. The molecule has 1 unspecified atom stereocenters. The highest BCUT2D eigenvalue weighted by Crippen LogP contribution is 2.34. The number of unbranched alkanes of at least 4 members (excludes halogenated alkanes) is 1. The molecule has 0 radical (unpaired) electrons. The molecule has 1 heterocycles. The Morgan fingerprint density at radius 2 is 1.89 bits per heavy atom. The maximum absolute atomic E-state index is 13.6. The lowest BCUT2D eigenvalue weighted by Gasteiger charge is -2.22. The smallest absolute Gasteiger partial charge is 0.435 e. The van der Waals surface area contributed by atoms with Gasteiger partial charge < -0.3 is 15.4 Å². The number of hydrogen-bond donors (Lipinski definition) is 2. The van der Waals surface area contributed by atoms with Gasteiger partial charge in [0.25, 0.3) is 5.91 Å². The lowest BCUT2D eigenvalue weighted by Crippen LogP contribution is -2.25. The molecule has 7 nitrogen and oxygen atoms in total. The highest BCUT2D eigenvalue weighted by atomic mass is 79.9. The Bertz CT molecular complexity index is 1680. The zero-order valence-electron chi connectivity index (χ0n) is 24.0. The van der Waals surface area contributed by atoms with Crippen LogP contribution < -0.4 is 15.4 Å². The average molecular weight is 667 g/mol. The van der Waals surface area contributed by atoms with E-state index >= 15 is 0 Å². The summed E-state index contributed by atoms with van der Waals surface area (Å²) in [6, 6.07) is 21.5. The summed E-state index contributed by atoms with van der Waals surface area (Å²) in [6.45, 7) is 3.57.